The van der Waals surface area contributed by atoms with Gasteiger partial charge in [-0.05, 0) is 0 Å². The van der Waals surface area contributed by atoms with E-state index in [1.165, 1.54) is 31.7 Å². The maximum absolute atomic E-state index is 11.6. The van der Waals surface area contributed by atoms with Crippen LogP contribution in [0.2, 0.25) is 0 Å². The first kappa shape index (κ1) is 35.3. The summed E-state index contributed by atoms with van der Waals surface area (Å²) in [6, 6.07) is 6.30. The SMILES string of the molecule is C=C.CCC(=C/c1sc2nc(C)sc2[n+]1CS(=O)(=O)[O-])/C=C1/[Se]c2ccc(C)cc2N1CCCCS(=O)(=O)[O-].[Na+]. The predicted octanol–water partition coefficient (Wildman–Crippen LogP) is 0.381. The molecular formula is C25H30N3NaO6S4Se. The maximum atomic E-state index is 11.6. The molecule has 0 amide bonds. The van der Waals surface area contributed by atoms with E-state index in [4.69, 9.17) is 0 Å². The molecule has 0 saturated carbocycles. The Morgan fingerprint density at radius 1 is 1.12 bits per heavy atom. The summed E-state index contributed by atoms with van der Waals surface area (Å²) < 4.78 is 71.8. The van der Waals surface area contributed by atoms with Crippen molar-refractivity contribution in [1.82, 2.24) is 4.98 Å². The number of aromatic nitrogens is 2. The molecule has 0 fully saturated rings. The predicted molar refractivity (Wildman–Crippen MR) is 157 cm³/mol. The summed E-state index contributed by atoms with van der Waals surface area (Å²) in [5.41, 5.74) is 3.18. The standard InChI is InChI=1S/C23H27N3O6S4Se.C2H4.Na/c1-4-17(12-20-26(14-36(30,31)32)23-22(34-20)24-16(3)33-23)13-21-25(9-5-6-10-35(27,28)29)18-11-15(2)7-8-19(18)37-21;1-2;/h7-8,11-13H,4-6,9-10,14H2,1-3H3,(H-,27,28,29,30,31,32);1-2H2;/q;;+1/p-1. The van der Waals surface area contributed by atoms with Gasteiger partial charge >= 0.3 is 262 Å². The summed E-state index contributed by atoms with van der Waals surface area (Å²) in [6.45, 7) is 12.5. The molecule has 1 aliphatic heterocycles. The van der Waals surface area contributed by atoms with Crippen molar-refractivity contribution in [2.24, 2.45) is 0 Å². The Bertz CT molecular complexity index is 1630. The minimum atomic E-state index is -4.51. The van der Waals surface area contributed by atoms with E-state index < -0.39 is 26.1 Å². The molecule has 40 heavy (non-hydrogen) atoms. The van der Waals surface area contributed by atoms with E-state index in [0.717, 1.165) is 26.4 Å². The van der Waals surface area contributed by atoms with Crippen LogP contribution in [0.25, 0.3) is 15.7 Å². The van der Waals surface area contributed by atoms with Gasteiger partial charge in [-0.2, -0.15) is 0 Å². The number of hydrogen-bond donors (Lipinski definition) is 0. The van der Waals surface area contributed by atoms with E-state index in [1.807, 2.05) is 26.8 Å². The average molecular weight is 699 g/mol. The van der Waals surface area contributed by atoms with Gasteiger partial charge in [-0.15, -0.1) is 13.2 Å². The molecule has 0 N–H and O–H groups in total. The number of anilines is 1. The third-order valence-corrected chi connectivity index (χ3v) is 11.5. The summed E-state index contributed by atoms with van der Waals surface area (Å²) >= 11 is 2.73. The van der Waals surface area contributed by atoms with Crippen molar-refractivity contribution in [2.45, 2.75) is 45.9 Å². The summed E-state index contributed by atoms with van der Waals surface area (Å²) in [6.07, 6.45) is 5.55. The second-order valence-corrected chi connectivity index (χ2v) is 16.0. The first-order valence-corrected chi connectivity index (χ1v) is 18.5. The molecule has 9 nitrogen and oxygen atoms in total. The van der Waals surface area contributed by atoms with Gasteiger partial charge in [-0.3, -0.25) is 0 Å². The van der Waals surface area contributed by atoms with Crippen molar-refractivity contribution in [1.29, 1.82) is 0 Å². The fourth-order valence-corrected chi connectivity index (χ4v) is 9.89. The number of allylic oxidation sites excluding steroid dienone is 2. The number of unbranched alkanes of at least 4 members (excludes halogenated alkanes) is 1. The van der Waals surface area contributed by atoms with Gasteiger partial charge in [-0.25, -0.2) is 0 Å². The zero-order chi connectivity index (χ0) is 29.0. The Balaban J connectivity index is 0.00000183. The van der Waals surface area contributed by atoms with Crippen LogP contribution >= 0.6 is 22.7 Å². The Kier molecular flexibility index (Phi) is 13.2. The molecule has 3 aromatic rings. The maximum Gasteiger partial charge on any atom is 1.00 e. The van der Waals surface area contributed by atoms with Crippen LogP contribution in [-0.2, 0) is 26.1 Å². The van der Waals surface area contributed by atoms with Crippen LogP contribution in [0.5, 0.6) is 0 Å². The van der Waals surface area contributed by atoms with Gasteiger partial charge in [0, 0.05) is 0 Å². The second-order valence-electron chi connectivity index (χ2n) is 8.65. The van der Waals surface area contributed by atoms with Gasteiger partial charge in [0.05, 0.1) is 0 Å². The van der Waals surface area contributed by atoms with Crippen molar-refractivity contribution < 1.29 is 60.1 Å². The van der Waals surface area contributed by atoms with Gasteiger partial charge in [0.25, 0.3) is 0 Å². The van der Waals surface area contributed by atoms with Crippen LogP contribution < -0.4 is 43.5 Å². The van der Waals surface area contributed by atoms with Crippen LogP contribution in [0.3, 0.4) is 0 Å². The largest absolute Gasteiger partial charge is 1.00 e. The van der Waals surface area contributed by atoms with E-state index in [9.17, 15) is 25.9 Å². The molecule has 4 rings (SSSR count). The minimum absolute atomic E-state index is 0. The van der Waals surface area contributed by atoms with Crippen molar-refractivity contribution in [3.63, 3.8) is 0 Å². The molecule has 0 bridgehead atoms. The smallest absolute Gasteiger partial charge is 1.00 e. The first-order valence-electron chi connectivity index (χ1n) is 12.0. The van der Waals surface area contributed by atoms with Crippen LogP contribution in [-0.4, -0.2) is 58.2 Å². The average Bonchev–Trinajstić information content (AvgIpc) is 3.47. The normalized spacial score (nSPS) is 14.7. The van der Waals surface area contributed by atoms with Crippen LogP contribution in [0, 0.1) is 13.8 Å². The van der Waals surface area contributed by atoms with Crippen molar-refractivity contribution in [3.05, 3.63) is 63.2 Å². The van der Waals surface area contributed by atoms with Crippen molar-refractivity contribution in [2.75, 3.05) is 17.2 Å². The number of thiazole rings is 2. The Morgan fingerprint density at radius 2 is 1.82 bits per heavy atom. The molecule has 2 aromatic heterocycles. The van der Waals surface area contributed by atoms with Crippen LogP contribution in [0.1, 0.15) is 41.8 Å². The number of benzene rings is 1. The van der Waals surface area contributed by atoms with Gasteiger partial charge < -0.3 is 0 Å². The van der Waals surface area contributed by atoms with Crippen molar-refractivity contribution in [3.8, 4) is 0 Å². The number of rotatable bonds is 10. The molecule has 0 atom stereocenters. The second kappa shape index (κ2) is 15.0. The van der Waals surface area contributed by atoms with Crippen LogP contribution in [0.4, 0.5) is 5.69 Å². The third kappa shape index (κ3) is 9.56. The van der Waals surface area contributed by atoms with Crippen molar-refractivity contribution >= 4 is 83.8 Å². The van der Waals surface area contributed by atoms with E-state index in [1.54, 1.807) is 0 Å². The molecule has 0 saturated heterocycles. The topological polar surface area (TPSA) is 134 Å². The molecule has 0 radical (unpaired) electrons. The molecular weight excluding hydrogens is 669 g/mol. The Morgan fingerprint density at radius 3 is 2.45 bits per heavy atom. The number of hydrogen-bond acceptors (Lipinski definition) is 10. The van der Waals surface area contributed by atoms with E-state index in [2.05, 4.69) is 47.3 Å². The molecule has 3 heterocycles. The van der Waals surface area contributed by atoms with E-state index in [0.29, 0.717) is 40.5 Å². The van der Waals surface area contributed by atoms with Gasteiger partial charge in [0.2, 0.25) is 0 Å². The summed E-state index contributed by atoms with van der Waals surface area (Å²) in [7, 11) is -8.75. The fourth-order valence-electron chi connectivity index (χ4n) is 3.94. The van der Waals surface area contributed by atoms with E-state index >= 15 is 0 Å². The minimum Gasteiger partial charge on any atom is 1.00 e. The molecule has 1 aromatic carbocycles. The Labute approximate surface area is 272 Å². The quantitative estimate of drug-likeness (QED) is 0.0977. The summed E-state index contributed by atoms with van der Waals surface area (Å²) in [4.78, 5) is 8.03. The molecule has 212 valence electrons. The molecule has 1 aliphatic rings. The third-order valence-electron chi connectivity index (χ3n) is 5.62. The molecule has 0 unspecified atom stereocenters. The molecule has 0 spiro atoms. The zero-order valence-corrected chi connectivity index (χ0v) is 29.9. The molecule has 0 aliphatic carbocycles. The van der Waals surface area contributed by atoms with E-state index in [-0.39, 0.29) is 50.3 Å². The number of fused-ring (bicyclic) bond motifs is 2. The van der Waals surface area contributed by atoms with Gasteiger partial charge in [-0.1, -0.05) is 0 Å². The first-order chi connectivity index (χ1) is 18.3. The number of nitrogens with zero attached hydrogens (tertiary/aromatic N) is 3. The summed E-state index contributed by atoms with van der Waals surface area (Å²) in [5.74, 6) is -1.03. The van der Waals surface area contributed by atoms with Gasteiger partial charge in [0.15, 0.2) is 0 Å². The summed E-state index contributed by atoms with van der Waals surface area (Å²) in [5, 5.41) is 1.45. The van der Waals surface area contributed by atoms with Gasteiger partial charge in [0.1, 0.15) is 0 Å². The zero-order valence-electron chi connectivity index (χ0n) is 22.9. The monoisotopic (exact) mass is 699 g/mol. The fraction of sp³-hybridized carbons (Fsp3) is 0.360. The molecule has 15 heteroatoms. The number of aryl methyl sites for hydroxylation is 2. The Hall–Kier alpha value is -0.901. The van der Waals surface area contributed by atoms with Crippen LogP contribution in [0.15, 0.2) is 47.6 Å².